The number of nitrogens with one attached hydrogen (secondary N) is 3. The standard InChI is InChI=1S/C30H34N4O3/c1-20(35)31-17-15-21-19-33-26-14-13-22(18-25(21)26)37-29(36)12-6-7-16-32-30-23-8-2-4-10-27(23)34-28-11-5-3-9-24(28)30/h2,4,8,10,13-14,18-19,33H,3,5-7,9,11-12,15-17H2,1H3,(H,31,35)(H,32,34). The lowest BCUT2D eigenvalue weighted by Crippen LogP contribution is -2.22. The smallest absolute Gasteiger partial charge is 0.311 e. The molecule has 0 saturated carbocycles. The van der Waals surface area contributed by atoms with E-state index >= 15 is 0 Å². The van der Waals surface area contributed by atoms with Gasteiger partial charge in [-0.15, -0.1) is 0 Å². The normalized spacial score (nSPS) is 12.9. The van der Waals surface area contributed by atoms with Gasteiger partial charge in [0.05, 0.1) is 5.52 Å². The summed E-state index contributed by atoms with van der Waals surface area (Å²) in [6, 6.07) is 14.0. The van der Waals surface area contributed by atoms with E-state index in [9.17, 15) is 9.59 Å². The average Bonchev–Trinajstić information content (AvgIpc) is 3.30. The molecule has 0 bridgehead atoms. The van der Waals surface area contributed by atoms with Gasteiger partial charge in [-0.05, 0) is 80.3 Å². The van der Waals surface area contributed by atoms with Crippen LogP contribution in [0, 0.1) is 0 Å². The number of hydrogen-bond acceptors (Lipinski definition) is 5. The van der Waals surface area contributed by atoms with Crippen molar-refractivity contribution in [3.05, 3.63) is 65.5 Å². The van der Waals surface area contributed by atoms with E-state index in [0.717, 1.165) is 54.2 Å². The van der Waals surface area contributed by atoms with Crippen molar-refractivity contribution in [3.8, 4) is 5.75 Å². The SMILES string of the molecule is CC(=O)NCCc1c[nH]c2ccc(OC(=O)CCCCNc3c4c(nc5ccccc35)CCCC4)cc12. The molecule has 1 aliphatic rings. The number of fused-ring (bicyclic) bond motifs is 3. The molecule has 2 heterocycles. The molecule has 7 heteroatoms. The van der Waals surface area contributed by atoms with E-state index in [1.54, 1.807) is 0 Å². The van der Waals surface area contributed by atoms with Crippen LogP contribution in [0.4, 0.5) is 5.69 Å². The van der Waals surface area contributed by atoms with Crippen molar-refractivity contribution >= 4 is 39.4 Å². The number of amides is 1. The van der Waals surface area contributed by atoms with Crippen LogP contribution in [0.5, 0.6) is 5.75 Å². The molecule has 192 valence electrons. The Morgan fingerprint density at radius 2 is 1.89 bits per heavy atom. The number of carbonyl (C=O) groups is 2. The predicted molar refractivity (Wildman–Crippen MR) is 147 cm³/mol. The molecular weight excluding hydrogens is 464 g/mol. The lowest BCUT2D eigenvalue weighted by atomic mass is 9.92. The maximum absolute atomic E-state index is 12.5. The largest absolute Gasteiger partial charge is 0.427 e. The molecule has 0 radical (unpaired) electrons. The van der Waals surface area contributed by atoms with Gasteiger partial charge in [0.25, 0.3) is 0 Å². The van der Waals surface area contributed by atoms with E-state index in [0.29, 0.717) is 25.1 Å². The number of H-pyrrole nitrogens is 1. The Hall–Kier alpha value is -3.87. The molecule has 0 saturated heterocycles. The highest BCUT2D eigenvalue weighted by Crippen LogP contribution is 2.33. The second-order valence-electron chi connectivity index (χ2n) is 9.75. The zero-order chi connectivity index (χ0) is 25.6. The number of unbranched alkanes of at least 4 members (excludes halogenated alkanes) is 1. The summed E-state index contributed by atoms with van der Waals surface area (Å²) >= 11 is 0. The first kappa shape index (κ1) is 24.8. The zero-order valence-electron chi connectivity index (χ0n) is 21.4. The highest BCUT2D eigenvalue weighted by molar-refractivity contribution is 5.93. The van der Waals surface area contributed by atoms with Gasteiger partial charge in [-0.1, -0.05) is 18.2 Å². The van der Waals surface area contributed by atoms with E-state index in [4.69, 9.17) is 9.72 Å². The lowest BCUT2D eigenvalue weighted by Gasteiger charge is -2.21. The van der Waals surface area contributed by atoms with Crippen LogP contribution in [0.1, 0.15) is 55.8 Å². The first-order valence-corrected chi connectivity index (χ1v) is 13.3. The number of benzene rings is 2. The monoisotopic (exact) mass is 498 g/mol. The third-order valence-corrected chi connectivity index (χ3v) is 7.02. The molecule has 1 aliphatic carbocycles. The van der Waals surface area contributed by atoms with E-state index in [1.165, 1.54) is 42.1 Å². The van der Waals surface area contributed by atoms with Crippen LogP contribution in [0.25, 0.3) is 21.8 Å². The fourth-order valence-corrected chi connectivity index (χ4v) is 5.17. The van der Waals surface area contributed by atoms with Crippen LogP contribution in [-0.4, -0.2) is 34.9 Å². The number of rotatable bonds is 10. The maximum Gasteiger partial charge on any atom is 0.311 e. The second kappa shape index (κ2) is 11.5. The van der Waals surface area contributed by atoms with Crippen molar-refractivity contribution in [3.63, 3.8) is 0 Å². The number of ether oxygens (including phenoxy) is 1. The molecule has 5 rings (SSSR count). The third kappa shape index (κ3) is 5.93. The van der Waals surface area contributed by atoms with Gasteiger partial charge in [-0.25, -0.2) is 0 Å². The number of aromatic amines is 1. The Morgan fingerprint density at radius 1 is 1.03 bits per heavy atom. The molecule has 0 aliphatic heterocycles. The van der Waals surface area contributed by atoms with Gasteiger partial charge in [0.15, 0.2) is 0 Å². The Labute approximate surface area is 217 Å². The van der Waals surface area contributed by atoms with E-state index in [2.05, 4.69) is 33.8 Å². The molecule has 0 atom stereocenters. The van der Waals surface area contributed by atoms with Crippen LogP contribution in [0.3, 0.4) is 0 Å². The molecule has 37 heavy (non-hydrogen) atoms. The minimum Gasteiger partial charge on any atom is -0.427 e. The molecular formula is C30H34N4O3. The fraction of sp³-hybridized carbons (Fsp3) is 0.367. The van der Waals surface area contributed by atoms with Crippen LogP contribution in [-0.2, 0) is 28.9 Å². The van der Waals surface area contributed by atoms with E-state index in [1.807, 2.05) is 30.5 Å². The highest BCUT2D eigenvalue weighted by Gasteiger charge is 2.18. The average molecular weight is 499 g/mol. The number of hydrogen-bond donors (Lipinski definition) is 3. The number of esters is 1. The van der Waals surface area contributed by atoms with Crippen molar-refractivity contribution in [1.29, 1.82) is 0 Å². The number of pyridine rings is 1. The van der Waals surface area contributed by atoms with Crippen molar-refractivity contribution in [2.45, 2.75) is 58.3 Å². The van der Waals surface area contributed by atoms with E-state index in [-0.39, 0.29) is 11.9 Å². The Balaban J connectivity index is 1.13. The molecule has 4 aromatic rings. The minimum atomic E-state index is -0.221. The van der Waals surface area contributed by atoms with Crippen LogP contribution >= 0.6 is 0 Å². The summed E-state index contributed by atoms with van der Waals surface area (Å²) in [5.41, 5.74) is 6.92. The number of aromatic nitrogens is 2. The Bertz CT molecular complexity index is 1430. The first-order chi connectivity index (χ1) is 18.1. The minimum absolute atomic E-state index is 0.0434. The molecule has 2 aromatic heterocycles. The lowest BCUT2D eigenvalue weighted by molar-refractivity contribution is -0.134. The summed E-state index contributed by atoms with van der Waals surface area (Å²) in [5, 5.41) is 8.67. The van der Waals surface area contributed by atoms with Crippen LogP contribution in [0.2, 0.25) is 0 Å². The molecule has 0 unspecified atom stereocenters. The fourth-order valence-electron chi connectivity index (χ4n) is 5.17. The quantitative estimate of drug-likeness (QED) is 0.153. The number of carbonyl (C=O) groups excluding carboxylic acids is 2. The summed E-state index contributed by atoms with van der Waals surface area (Å²) in [6.45, 7) is 2.89. The number of para-hydroxylation sites is 1. The third-order valence-electron chi connectivity index (χ3n) is 7.02. The van der Waals surface area contributed by atoms with E-state index < -0.39 is 0 Å². The topological polar surface area (TPSA) is 96.1 Å². The van der Waals surface area contributed by atoms with Crippen LogP contribution in [0.15, 0.2) is 48.7 Å². The summed E-state index contributed by atoms with van der Waals surface area (Å²) < 4.78 is 5.64. The summed E-state index contributed by atoms with van der Waals surface area (Å²) in [5.74, 6) is 0.283. The summed E-state index contributed by atoms with van der Waals surface area (Å²) in [7, 11) is 0. The molecule has 0 fully saturated rings. The first-order valence-electron chi connectivity index (χ1n) is 13.3. The Kier molecular flexibility index (Phi) is 7.68. The van der Waals surface area contributed by atoms with Gasteiger partial charge in [0.1, 0.15) is 5.75 Å². The molecule has 3 N–H and O–H groups in total. The van der Waals surface area contributed by atoms with Crippen molar-refractivity contribution in [1.82, 2.24) is 15.3 Å². The maximum atomic E-state index is 12.5. The summed E-state index contributed by atoms with van der Waals surface area (Å²) in [6.07, 6.45) is 9.18. The zero-order valence-corrected chi connectivity index (χ0v) is 21.4. The number of nitrogens with zero attached hydrogens (tertiary/aromatic N) is 1. The molecule has 2 aromatic carbocycles. The predicted octanol–water partition coefficient (Wildman–Crippen LogP) is 5.46. The highest BCUT2D eigenvalue weighted by atomic mass is 16.5. The Morgan fingerprint density at radius 3 is 2.78 bits per heavy atom. The number of anilines is 1. The van der Waals surface area contributed by atoms with Gasteiger partial charge in [-0.2, -0.15) is 0 Å². The molecule has 0 spiro atoms. The van der Waals surface area contributed by atoms with Gasteiger partial charge in [-0.3, -0.25) is 14.6 Å². The van der Waals surface area contributed by atoms with Crippen LogP contribution < -0.4 is 15.4 Å². The second-order valence-corrected chi connectivity index (χ2v) is 9.75. The van der Waals surface area contributed by atoms with Crippen molar-refractivity contribution in [2.75, 3.05) is 18.4 Å². The summed E-state index contributed by atoms with van der Waals surface area (Å²) in [4.78, 5) is 31.8. The van der Waals surface area contributed by atoms with Gasteiger partial charge < -0.3 is 20.4 Å². The number of aryl methyl sites for hydroxylation is 1. The molecule has 7 nitrogen and oxygen atoms in total. The van der Waals surface area contributed by atoms with Gasteiger partial charge in [0, 0.05) is 60.3 Å². The van der Waals surface area contributed by atoms with Gasteiger partial charge >= 0.3 is 5.97 Å². The van der Waals surface area contributed by atoms with Crippen molar-refractivity contribution < 1.29 is 14.3 Å². The van der Waals surface area contributed by atoms with Crippen molar-refractivity contribution in [2.24, 2.45) is 0 Å². The van der Waals surface area contributed by atoms with Gasteiger partial charge in [0.2, 0.25) is 5.91 Å². The molecule has 1 amide bonds.